The number of nitrogens with two attached hydrogens (primary N) is 2. The van der Waals surface area contributed by atoms with Crippen molar-refractivity contribution in [2.75, 3.05) is 6.54 Å². The number of likely N-dealkylation sites (tertiary alicyclic amines) is 1. The van der Waals surface area contributed by atoms with Crippen LogP contribution in [0.25, 0.3) is 0 Å². The smallest absolute Gasteiger partial charge is 0.326 e. The topological polar surface area (TPSA) is 225 Å². The number of nitrogens with one attached hydrogen (secondary N) is 2. The summed E-state index contributed by atoms with van der Waals surface area (Å²) in [7, 11) is 0. The Morgan fingerprint density at radius 3 is 1.85 bits per heavy atom. The third-order valence-corrected chi connectivity index (χ3v) is 6.58. The Morgan fingerprint density at radius 2 is 1.35 bits per heavy atom. The van der Waals surface area contributed by atoms with Crippen LogP contribution in [0.4, 0.5) is 0 Å². The number of hydrogen-bond acceptors (Lipinski definition) is 8. The standard InChI is InChI=1S/C27H33N5O8/c28-19(14-23(29)35)24(36)30-20(12-15-3-7-17(33)8-4-15)25(37)31-21(13-16-5-9-18(34)10-6-16)26(38)32-11-1-2-22(32)27(39)40/h3-10,19-22,33-34H,1-2,11-14,28H2,(H2,29,35)(H,30,36)(H,31,37)(H,39,40)/t19-,20-,21-,22-/m0/s1. The summed E-state index contributed by atoms with van der Waals surface area (Å²) in [6.45, 7) is 0.202. The van der Waals surface area contributed by atoms with Gasteiger partial charge in [0.15, 0.2) is 0 Å². The fraction of sp³-hybridized carbons (Fsp3) is 0.370. The van der Waals surface area contributed by atoms with E-state index >= 15 is 0 Å². The van der Waals surface area contributed by atoms with Gasteiger partial charge in [0, 0.05) is 19.4 Å². The lowest BCUT2D eigenvalue weighted by atomic mass is 10.0. The number of carboxylic acid groups (broad SMARTS) is 1. The highest BCUT2D eigenvalue weighted by atomic mass is 16.4. The number of amides is 4. The van der Waals surface area contributed by atoms with Crippen LogP contribution in [0, 0.1) is 0 Å². The molecule has 1 saturated heterocycles. The van der Waals surface area contributed by atoms with Crippen LogP contribution in [0.15, 0.2) is 48.5 Å². The Labute approximate surface area is 230 Å². The minimum Gasteiger partial charge on any atom is -0.508 e. The second kappa shape index (κ2) is 13.4. The highest BCUT2D eigenvalue weighted by Gasteiger charge is 2.38. The first-order valence-electron chi connectivity index (χ1n) is 12.7. The number of aromatic hydroxyl groups is 2. The number of carbonyl (C=O) groups excluding carboxylic acids is 4. The zero-order valence-electron chi connectivity index (χ0n) is 21.7. The third kappa shape index (κ3) is 8.17. The molecule has 9 N–H and O–H groups in total. The summed E-state index contributed by atoms with van der Waals surface area (Å²) >= 11 is 0. The molecule has 4 atom stereocenters. The summed E-state index contributed by atoms with van der Waals surface area (Å²) in [6.07, 6.45) is 0.239. The highest BCUT2D eigenvalue weighted by molar-refractivity contribution is 5.95. The molecule has 0 aromatic heterocycles. The molecule has 40 heavy (non-hydrogen) atoms. The molecule has 2 aromatic carbocycles. The van der Waals surface area contributed by atoms with E-state index in [9.17, 15) is 39.3 Å². The largest absolute Gasteiger partial charge is 0.508 e. The summed E-state index contributed by atoms with van der Waals surface area (Å²) in [6, 6.07) is 7.08. The van der Waals surface area contributed by atoms with E-state index in [2.05, 4.69) is 10.6 Å². The number of benzene rings is 2. The molecular weight excluding hydrogens is 522 g/mol. The maximum Gasteiger partial charge on any atom is 0.326 e. The number of nitrogens with zero attached hydrogens (tertiary/aromatic N) is 1. The summed E-state index contributed by atoms with van der Waals surface area (Å²) in [5.74, 6) is -4.13. The monoisotopic (exact) mass is 555 g/mol. The van der Waals surface area contributed by atoms with E-state index in [0.717, 1.165) is 0 Å². The Balaban J connectivity index is 1.88. The van der Waals surface area contributed by atoms with Gasteiger partial charge in [-0.1, -0.05) is 24.3 Å². The van der Waals surface area contributed by atoms with E-state index in [0.29, 0.717) is 17.5 Å². The van der Waals surface area contributed by atoms with E-state index in [1.54, 1.807) is 24.3 Å². The molecule has 1 fully saturated rings. The van der Waals surface area contributed by atoms with Crippen LogP contribution < -0.4 is 22.1 Å². The number of carbonyl (C=O) groups is 5. The zero-order chi connectivity index (χ0) is 29.4. The fourth-order valence-corrected chi connectivity index (χ4v) is 4.49. The minimum absolute atomic E-state index is 0.00424. The van der Waals surface area contributed by atoms with Gasteiger partial charge in [-0.2, -0.15) is 0 Å². The third-order valence-electron chi connectivity index (χ3n) is 6.58. The first-order chi connectivity index (χ1) is 18.9. The summed E-state index contributed by atoms with van der Waals surface area (Å²) in [4.78, 5) is 64.0. The first-order valence-corrected chi connectivity index (χ1v) is 12.7. The molecule has 2 aromatic rings. The predicted molar refractivity (Wildman–Crippen MR) is 142 cm³/mol. The number of phenols is 2. The molecule has 0 aliphatic carbocycles. The van der Waals surface area contributed by atoms with Gasteiger partial charge in [0.2, 0.25) is 23.6 Å². The summed E-state index contributed by atoms with van der Waals surface area (Å²) < 4.78 is 0. The average molecular weight is 556 g/mol. The van der Waals surface area contributed by atoms with Crippen LogP contribution in [-0.2, 0) is 36.8 Å². The number of rotatable bonds is 12. The van der Waals surface area contributed by atoms with Gasteiger partial charge in [-0.3, -0.25) is 19.2 Å². The molecule has 1 aliphatic heterocycles. The molecule has 3 rings (SSSR count). The Bertz CT molecular complexity index is 1230. The lowest BCUT2D eigenvalue weighted by Crippen LogP contribution is -2.58. The SMILES string of the molecule is NC(=O)C[C@H](N)C(=O)N[C@@H](Cc1ccc(O)cc1)C(=O)N[C@@H](Cc1ccc(O)cc1)C(=O)N1CCC[C@H]1C(=O)O. The maximum atomic E-state index is 13.5. The van der Waals surface area contributed by atoms with Gasteiger partial charge in [0.25, 0.3) is 0 Å². The molecule has 0 saturated carbocycles. The molecular formula is C27H33N5O8. The van der Waals surface area contributed by atoms with Crippen LogP contribution in [0.1, 0.15) is 30.4 Å². The van der Waals surface area contributed by atoms with Crippen molar-refractivity contribution in [1.29, 1.82) is 0 Å². The van der Waals surface area contributed by atoms with E-state index in [1.165, 1.54) is 29.2 Å². The number of primary amides is 1. The van der Waals surface area contributed by atoms with Crippen LogP contribution in [-0.4, -0.2) is 80.5 Å². The number of aliphatic carboxylic acids is 1. The van der Waals surface area contributed by atoms with Gasteiger partial charge in [0.1, 0.15) is 29.6 Å². The van der Waals surface area contributed by atoms with Crippen LogP contribution in [0.2, 0.25) is 0 Å². The summed E-state index contributed by atoms with van der Waals surface area (Å²) in [5.41, 5.74) is 12.0. The molecule has 0 bridgehead atoms. The second-order valence-electron chi connectivity index (χ2n) is 9.67. The van der Waals surface area contributed by atoms with E-state index in [1.807, 2.05) is 0 Å². The van der Waals surface area contributed by atoms with Crippen LogP contribution in [0.3, 0.4) is 0 Å². The summed E-state index contributed by atoms with van der Waals surface area (Å²) in [5, 5.41) is 33.9. The molecule has 1 aliphatic rings. The average Bonchev–Trinajstić information content (AvgIpc) is 3.40. The molecule has 13 heteroatoms. The van der Waals surface area contributed by atoms with E-state index < -0.39 is 60.2 Å². The van der Waals surface area contributed by atoms with Crippen molar-refractivity contribution in [3.05, 3.63) is 59.7 Å². The van der Waals surface area contributed by atoms with Crippen molar-refractivity contribution >= 4 is 29.6 Å². The lowest BCUT2D eigenvalue weighted by Gasteiger charge is -2.29. The molecule has 0 unspecified atom stereocenters. The first kappa shape index (κ1) is 29.9. The molecule has 1 heterocycles. The van der Waals surface area contributed by atoms with Crippen molar-refractivity contribution < 1.29 is 39.3 Å². The lowest BCUT2D eigenvalue weighted by molar-refractivity contribution is -0.149. The minimum atomic E-state index is -1.32. The van der Waals surface area contributed by atoms with Gasteiger partial charge >= 0.3 is 5.97 Å². The Hall–Kier alpha value is -4.65. The fourth-order valence-electron chi connectivity index (χ4n) is 4.49. The van der Waals surface area contributed by atoms with Crippen molar-refractivity contribution in [3.63, 3.8) is 0 Å². The normalized spacial score (nSPS) is 16.9. The Morgan fingerprint density at radius 1 is 0.850 bits per heavy atom. The molecule has 0 radical (unpaired) electrons. The van der Waals surface area contributed by atoms with Gasteiger partial charge in [0.05, 0.1) is 12.5 Å². The van der Waals surface area contributed by atoms with E-state index in [-0.39, 0.29) is 37.3 Å². The van der Waals surface area contributed by atoms with Crippen molar-refractivity contribution in [3.8, 4) is 11.5 Å². The quantitative estimate of drug-likeness (QED) is 0.172. The zero-order valence-corrected chi connectivity index (χ0v) is 21.7. The molecule has 4 amide bonds. The maximum absolute atomic E-state index is 13.5. The number of carboxylic acids is 1. The van der Waals surface area contributed by atoms with Gasteiger partial charge in [-0.15, -0.1) is 0 Å². The number of phenolic OH excluding ortho intramolecular Hbond substituents is 2. The van der Waals surface area contributed by atoms with Gasteiger partial charge < -0.3 is 42.3 Å². The predicted octanol–water partition coefficient (Wildman–Crippen LogP) is -0.869. The van der Waals surface area contributed by atoms with Crippen LogP contribution in [0.5, 0.6) is 11.5 Å². The van der Waals surface area contributed by atoms with Gasteiger partial charge in [-0.25, -0.2) is 4.79 Å². The van der Waals surface area contributed by atoms with Crippen molar-refractivity contribution in [2.24, 2.45) is 11.5 Å². The molecule has 13 nitrogen and oxygen atoms in total. The Kier molecular flexibility index (Phi) is 10.0. The van der Waals surface area contributed by atoms with E-state index in [4.69, 9.17) is 11.5 Å². The second-order valence-corrected chi connectivity index (χ2v) is 9.67. The molecule has 0 spiro atoms. The van der Waals surface area contributed by atoms with Gasteiger partial charge in [-0.05, 0) is 48.2 Å². The highest BCUT2D eigenvalue weighted by Crippen LogP contribution is 2.21. The molecule has 214 valence electrons. The van der Waals surface area contributed by atoms with Crippen molar-refractivity contribution in [1.82, 2.24) is 15.5 Å². The van der Waals surface area contributed by atoms with Crippen LogP contribution >= 0.6 is 0 Å². The number of hydrogen-bond donors (Lipinski definition) is 7. The van der Waals surface area contributed by atoms with Crippen molar-refractivity contribution in [2.45, 2.75) is 56.3 Å².